The van der Waals surface area contributed by atoms with Crippen molar-refractivity contribution in [3.05, 3.63) is 119 Å². The third-order valence-corrected chi connectivity index (χ3v) is 6.37. The fraction of sp³-hybridized carbons (Fsp3) is 0.242. The van der Waals surface area contributed by atoms with E-state index in [2.05, 4.69) is 15.6 Å². The van der Waals surface area contributed by atoms with Crippen LogP contribution in [0.3, 0.4) is 0 Å². The molecule has 4 aromatic rings. The van der Waals surface area contributed by atoms with Gasteiger partial charge in [0.05, 0.1) is 0 Å². The second-order valence-corrected chi connectivity index (χ2v) is 10.7. The van der Waals surface area contributed by atoms with E-state index in [0.717, 1.165) is 27.9 Å². The van der Waals surface area contributed by atoms with Gasteiger partial charge in [0.15, 0.2) is 0 Å². The Bertz CT molecular complexity index is 1440. The van der Waals surface area contributed by atoms with Crippen LogP contribution < -0.4 is 10.6 Å². The zero-order valence-corrected chi connectivity index (χ0v) is 23.4. The Kier molecular flexibility index (Phi) is 8.63. The van der Waals surface area contributed by atoms with Gasteiger partial charge in [-0.3, -0.25) is 9.78 Å². The second-order valence-electron chi connectivity index (χ2n) is 10.7. The molecule has 0 saturated heterocycles. The maximum atomic E-state index is 15.3. The summed E-state index contributed by atoms with van der Waals surface area (Å²) < 4.78 is 20.8. The maximum Gasteiger partial charge on any atom is 0.408 e. The van der Waals surface area contributed by atoms with Gasteiger partial charge in [-0.25, -0.2) is 9.18 Å². The first-order valence-corrected chi connectivity index (χ1v) is 13.2. The monoisotopic (exact) mass is 539 g/mol. The van der Waals surface area contributed by atoms with Gasteiger partial charge < -0.3 is 15.4 Å². The number of hydrogen-bond donors (Lipinski definition) is 2. The molecule has 2 amide bonds. The lowest BCUT2D eigenvalue weighted by Crippen LogP contribution is -2.49. The van der Waals surface area contributed by atoms with Gasteiger partial charge in [-0.05, 0) is 81.1 Å². The summed E-state index contributed by atoms with van der Waals surface area (Å²) in [6.07, 6.45) is 0.981. The Hall–Kier alpha value is -4.52. The number of carbonyl (C=O) groups is 2. The van der Waals surface area contributed by atoms with Gasteiger partial charge in [0, 0.05) is 29.1 Å². The average Bonchev–Trinajstić information content (AvgIpc) is 2.90. The molecular formula is C33H34FN3O3. The number of pyridine rings is 1. The molecule has 7 heteroatoms. The lowest BCUT2D eigenvalue weighted by atomic mass is 9.84. The normalized spacial score (nSPS) is 12.1. The van der Waals surface area contributed by atoms with Crippen LogP contribution in [-0.4, -0.2) is 28.6 Å². The Morgan fingerprint density at radius 2 is 1.45 bits per heavy atom. The lowest BCUT2D eigenvalue weighted by molar-refractivity contribution is -0.118. The van der Waals surface area contributed by atoms with Crippen molar-refractivity contribution in [1.82, 2.24) is 10.3 Å². The molecule has 0 fully saturated rings. The molecule has 6 nitrogen and oxygen atoms in total. The van der Waals surface area contributed by atoms with Crippen LogP contribution in [0.4, 0.5) is 14.9 Å². The molecule has 0 spiro atoms. The van der Waals surface area contributed by atoms with Gasteiger partial charge in [0.25, 0.3) is 0 Å². The summed E-state index contributed by atoms with van der Waals surface area (Å²) in [6, 6.07) is 24.2. The molecule has 3 aromatic carbocycles. The van der Waals surface area contributed by atoms with Crippen molar-refractivity contribution in [1.29, 1.82) is 0 Å². The number of aromatic nitrogens is 1. The quantitative estimate of drug-likeness (QED) is 0.261. The predicted molar refractivity (Wildman–Crippen MR) is 156 cm³/mol. The number of aryl methyl sites for hydroxylation is 2. The van der Waals surface area contributed by atoms with Crippen LogP contribution in [0.25, 0.3) is 11.1 Å². The van der Waals surface area contributed by atoms with Crippen LogP contribution >= 0.6 is 0 Å². The van der Waals surface area contributed by atoms with E-state index >= 15 is 4.39 Å². The number of alkyl carbamates (subject to hydrolysis) is 1. The van der Waals surface area contributed by atoms with Crippen LogP contribution in [0.2, 0.25) is 0 Å². The van der Waals surface area contributed by atoms with E-state index in [1.54, 1.807) is 39.1 Å². The molecule has 0 saturated carbocycles. The van der Waals surface area contributed by atoms with E-state index in [0.29, 0.717) is 5.56 Å². The third kappa shape index (κ3) is 7.11. The molecule has 1 aromatic heterocycles. The predicted octanol–water partition coefficient (Wildman–Crippen LogP) is 7.17. The summed E-state index contributed by atoms with van der Waals surface area (Å²) in [6.45, 7) is 8.98. The Morgan fingerprint density at radius 3 is 2.00 bits per heavy atom. The van der Waals surface area contributed by atoms with Crippen molar-refractivity contribution >= 4 is 17.7 Å². The molecule has 0 aliphatic heterocycles. The molecular weight excluding hydrogens is 505 g/mol. The number of amides is 2. The van der Waals surface area contributed by atoms with Crippen molar-refractivity contribution in [3.8, 4) is 11.1 Å². The van der Waals surface area contributed by atoms with Crippen LogP contribution in [0, 0.1) is 19.7 Å². The summed E-state index contributed by atoms with van der Waals surface area (Å²) in [5.74, 6) is -1.53. The van der Waals surface area contributed by atoms with Gasteiger partial charge >= 0.3 is 6.09 Å². The summed E-state index contributed by atoms with van der Waals surface area (Å²) in [4.78, 5) is 31.0. The van der Waals surface area contributed by atoms with Crippen molar-refractivity contribution in [2.45, 2.75) is 52.2 Å². The number of nitrogens with one attached hydrogen (secondary N) is 2. The highest BCUT2D eigenvalue weighted by Crippen LogP contribution is 2.31. The number of benzene rings is 3. The van der Waals surface area contributed by atoms with Crippen LogP contribution in [0.15, 0.2) is 91.1 Å². The number of rotatable bonds is 7. The Morgan fingerprint density at radius 1 is 0.850 bits per heavy atom. The van der Waals surface area contributed by atoms with E-state index in [1.807, 2.05) is 80.6 Å². The van der Waals surface area contributed by atoms with Crippen LogP contribution in [-0.2, 0) is 9.53 Å². The SMILES string of the molecule is Cc1cc(-c2ccc(NC(=O)C(NC(=O)OC(C)(C)C)C(c3ccccc3)c3ccccc3)cc2F)c(C)cn1. The number of nitrogens with zero attached hydrogens (tertiary/aromatic N) is 1. The van der Waals surface area contributed by atoms with E-state index in [-0.39, 0.29) is 5.69 Å². The highest BCUT2D eigenvalue weighted by Gasteiger charge is 2.34. The highest BCUT2D eigenvalue weighted by molar-refractivity contribution is 5.98. The fourth-order valence-corrected chi connectivity index (χ4v) is 4.58. The fourth-order valence-electron chi connectivity index (χ4n) is 4.58. The minimum Gasteiger partial charge on any atom is -0.444 e. The van der Waals surface area contributed by atoms with Crippen LogP contribution in [0.1, 0.15) is 49.1 Å². The number of hydrogen-bond acceptors (Lipinski definition) is 4. The van der Waals surface area contributed by atoms with Gasteiger partial charge in [-0.2, -0.15) is 0 Å². The first-order valence-electron chi connectivity index (χ1n) is 13.2. The van der Waals surface area contributed by atoms with Crippen molar-refractivity contribution in [2.24, 2.45) is 0 Å². The molecule has 1 heterocycles. The van der Waals surface area contributed by atoms with Gasteiger partial charge in [0.2, 0.25) is 5.91 Å². The smallest absolute Gasteiger partial charge is 0.408 e. The number of carbonyl (C=O) groups excluding carboxylic acids is 2. The molecule has 0 bridgehead atoms. The van der Waals surface area contributed by atoms with Crippen molar-refractivity contribution in [3.63, 3.8) is 0 Å². The molecule has 1 atom stereocenters. The number of anilines is 1. The summed E-state index contributed by atoms with van der Waals surface area (Å²) in [5, 5.41) is 5.60. The van der Waals surface area contributed by atoms with Crippen molar-refractivity contribution < 1.29 is 18.7 Å². The van der Waals surface area contributed by atoms with Gasteiger partial charge in [-0.15, -0.1) is 0 Å². The molecule has 40 heavy (non-hydrogen) atoms. The minimum absolute atomic E-state index is 0.269. The minimum atomic E-state index is -1.06. The van der Waals surface area contributed by atoms with Crippen LogP contribution in [0.5, 0.6) is 0 Å². The van der Waals surface area contributed by atoms with E-state index in [9.17, 15) is 9.59 Å². The first-order chi connectivity index (χ1) is 19.0. The van der Waals surface area contributed by atoms with Crippen molar-refractivity contribution in [2.75, 3.05) is 5.32 Å². The lowest BCUT2D eigenvalue weighted by Gasteiger charge is -2.29. The van der Waals surface area contributed by atoms with Gasteiger partial charge in [0.1, 0.15) is 17.5 Å². The van der Waals surface area contributed by atoms with Gasteiger partial charge in [-0.1, -0.05) is 60.7 Å². The molecule has 0 aliphatic rings. The van der Waals surface area contributed by atoms with E-state index < -0.39 is 35.4 Å². The molecule has 206 valence electrons. The molecule has 4 rings (SSSR count). The van der Waals surface area contributed by atoms with E-state index in [4.69, 9.17) is 4.74 Å². The number of ether oxygens (including phenoxy) is 1. The Labute approximate surface area is 234 Å². The molecule has 2 N–H and O–H groups in total. The number of halogens is 1. The topological polar surface area (TPSA) is 80.3 Å². The standard InChI is InChI=1S/C33H34FN3O3/c1-21-20-35-22(2)18-27(21)26-17-16-25(19-28(26)34)36-31(38)30(37-32(39)40-33(3,4)5)29(23-12-8-6-9-13-23)24-14-10-7-11-15-24/h6-20,29-30H,1-5H3,(H,36,38)(H,37,39). The molecule has 0 aliphatic carbocycles. The summed E-state index contributed by atoms with van der Waals surface area (Å²) in [5.41, 5.74) is 3.94. The summed E-state index contributed by atoms with van der Waals surface area (Å²) >= 11 is 0. The third-order valence-electron chi connectivity index (χ3n) is 6.37. The average molecular weight is 540 g/mol. The van der Waals surface area contributed by atoms with E-state index in [1.165, 1.54) is 6.07 Å². The largest absolute Gasteiger partial charge is 0.444 e. The zero-order chi connectivity index (χ0) is 28.9. The first kappa shape index (κ1) is 28.5. The summed E-state index contributed by atoms with van der Waals surface area (Å²) in [7, 11) is 0. The highest BCUT2D eigenvalue weighted by atomic mass is 19.1. The zero-order valence-electron chi connectivity index (χ0n) is 23.4. The molecule has 1 unspecified atom stereocenters. The maximum absolute atomic E-state index is 15.3. The Balaban J connectivity index is 1.70. The second kappa shape index (κ2) is 12.1. The molecule has 0 radical (unpaired) electrons.